The van der Waals surface area contributed by atoms with Crippen molar-refractivity contribution in [1.29, 1.82) is 0 Å². The molecule has 108 valence electrons. The molecule has 0 spiro atoms. The highest BCUT2D eigenvalue weighted by molar-refractivity contribution is 6.22. The van der Waals surface area contributed by atoms with Crippen LogP contribution in [0.4, 0.5) is 0 Å². The van der Waals surface area contributed by atoms with Gasteiger partial charge in [0.15, 0.2) is 0 Å². The molecule has 0 saturated carbocycles. The zero-order valence-corrected chi connectivity index (χ0v) is 15.9. The van der Waals surface area contributed by atoms with E-state index < -0.39 is 0 Å². The highest BCUT2D eigenvalue weighted by atomic mass is 28.1. The Kier molecular flexibility index (Phi) is 7.41. The largest absolute Gasteiger partial charge is 0.280 e. The first-order chi connectivity index (χ1) is 8.29. The van der Waals surface area contributed by atoms with E-state index in [1.807, 2.05) is 0 Å². The van der Waals surface area contributed by atoms with Crippen molar-refractivity contribution in [3.05, 3.63) is 11.8 Å². The van der Waals surface area contributed by atoms with Gasteiger partial charge in [0.05, 0.1) is 5.66 Å². The average Bonchev–Trinajstić information content (AvgIpc) is 2.27. The molecule has 0 atom stereocenters. The molecule has 0 aliphatic carbocycles. The van der Waals surface area contributed by atoms with Crippen molar-refractivity contribution in [1.82, 2.24) is 9.80 Å². The van der Waals surface area contributed by atoms with Crippen LogP contribution >= 0.6 is 0 Å². The number of hydrogen-bond donors (Lipinski definition) is 0. The van der Waals surface area contributed by atoms with E-state index in [0.717, 1.165) is 29.8 Å². The summed E-state index contributed by atoms with van der Waals surface area (Å²) in [5.41, 5.74) is 0.0536. The van der Waals surface area contributed by atoms with E-state index >= 15 is 0 Å². The van der Waals surface area contributed by atoms with E-state index in [0.29, 0.717) is 12.1 Å². The fourth-order valence-corrected chi connectivity index (χ4v) is 4.40. The molecule has 0 amide bonds. The molecule has 2 nitrogen and oxygen atoms in total. The minimum absolute atomic E-state index is 0.0536. The summed E-state index contributed by atoms with van der Waals surface area (Å²) in [5.74, 6) is 0. The second-order valence-electron chi connectivity index (χ2n) is 5.71. The van der Waals surface area contributed by atoms with Crippen LogP contribution in [0.2, 0.25) is 0 Å². The van der Waals surface area contributed by atoms with Crippen molar-refractivity contribution in [3.8, 4) is 0 Å². The third-order valence-electron chi connectivity index (χ3n) is 4.05. The zero-order valence-electron chi connectivity index (χ0n) is 13.9. The molecule has 0 N–H and O–H groups in total. The van der Waals surface area contributed by atoms with Crippen LogP contribution in [0, 0.1) is 0 Å². The second kappa shape index (κ2) is 7.46. The molecule has 0 aromatic heterocycles. The topological polar surface area (TPSA) is 6.48 Å². The Morgan fingerprint density at radius 2 is 1.33 bits per heavy atom. The molecule has 0 aliphatic rings. The standard InChI is InChI=1S/C15H34N2Si/c1-9-15(14(8)18,16(10-2)12(4)5)17(11-3)13(6)7/h12-13H,8-11H2,1-7,18H3. The van der Waals surface area contributed by atoms with Gasteiger partial charge in [0.2, 0.25) is 0 Å². The number of likely N-dealkylation sites (N-methyl/N-ethyl adjacent to an activating group) is 2. The number of rotatable bonds is 8. The van der Waals surface area contributed by atoms with Crippen molar-refractivity contribution >= 4 is 10.2 Å². The van der Waals surface area contributed by atoms with Crippen LogP contribution in [-0.2, 0) is 0 Å². The monoisotopic (exact) mass is 270 g/mol. The summed E-state index contributed by atoms with van der Waals surface area (Å²) in [5, 5.41) is 1.40. The van der Waals surface area contributed by atoms with E-state index in [1.54, 1.807) is 0 Å². The maximum Gasteiger partial charge on any atom is 0.0912 e. The van der Waals surface area contributed by atoms with Gasteiger partial charge in [-0.05, 0) is 47.2 Å². The third kappa shape index (κ3) is 3.25. The molecule has 0 heterocycles. The fourth-order valence-electron chi connectivity index (χ4n) is 3.47. The Balaban J connectivity index is 5.73. The summed E-state index contributed by atoms with van der Waals surface area (Å²) in [6.45, 7) is 22.6. The summed E-state index contributed by atoms with van der Waals surface area (Å²) in [6.07, 6.45) is 1.12. The van der Waals surface area contributed by atoms with Gasteiger partial charge in [0.25, 0.3) is 0 Å². The molecule has 0 rings (SSSR count). The molecule has 0 unspecified atom stereocenters. The van der Waals surface area contributed by atoms with E-state index in [2.05, 4.69) is 64.8 Å². The van der Waals surface area contributed by atoms with E-state index in [1.165, 1.54) is 5.20 Å². The van der Waals surface area contributed by atoms with Gasteiger partial charge in [-0.2, -0.15) is 0 Å². The highest BCUT2D eigenvalue weighted by Gasteiger charge is 2.42. The molecule has 18 heavy (non-hydrogen) atoms. The zero-order chi connectivity index (χ0) is 14.5. The van der Waals surface area contributed by atoms with Crippen LogP contribution in [0.15, 0.2) is 11.8 Å². The Morgan fingerprint density at radius 1 is 1.00 bits per heavy atom. The van der Waals surface area contributed by atoms with E-state index in [4.69, 9.17) is 0 Å². The minimum Gasteiger partial charge on any atom is -0.280 e. The van der Waals surface area contributed by atoms with Gasteiger partial charge >= 0.3 is 0 Å². The molecule has 0 aromatic carbocycles. The second-order valence-corrected chi connectivity index (χ2v) is 6.92. The molecule has 0 radical (unpaired) electrons. The fraction of sp³-hybridized carbons (Fsp3) is 0.867. The van der Waals surface area contributed by atoms with Crippen LogP contribution in [0.3, 0.4) is 0 Å². The van der Waals surface area contributed by atoms with Gasteiger partial charge in [-0.3, -0.25) is 9.80 Å². The Labute approximate surface area is 118 Å². The van der Waals surface area contributed by atoms with Crippen molar-refractivity contribution in [3.63, 3.8) is 0 Å². The lowest BCUT2D eigenvalue weighted by atomic mass is 9.97. The quantitative estimate of drug-likeness (QED) is 0.494. The van der Waals surface area contributed by atoms with Crippen molar-refractivity contribution in [2.75, 3.05) is 13.1 Å². The molecule has 0 aliphatic heterocycles. The molecule has 0 aromatic rings. The first-order valence-corrected chi connectivity index (χ1v) is 8.48. The smallest absolute Gasteiger partial charge is 0.0912 e. The van der Waals surface area contributed by atoms with Crippen LogP contribution in [0.25, 0.3) is 0 Å². The summed E-state index contributed by atoms with van der Waals surface area (Å²) in [7, 11) is 1.05. The number of hydrogen-bond acceptors (Lipinski definition) is 2. The number of nitrogens with zero attached hydrogens (tertiary/aromatic N) is 2. The molecular weight excluding hydrogens is 236 g/mol. The van der Waals surface area contributed by atoms with Crippen LogP contribution < -0.4 is 0 Å². The van der Waals surface area contributed by atoms with Gasteiger partial charge in [-0.25, -0.2) is 0 Å². The lowest BCUT2D eigenvalue weighted by Crippen LogP contribution is -2.65. The first-order valence-electron chi connectivity index (χ1n) is 7.48. The molecule has 0 saturated heterocycles. The molecule has 0 fully saturated rings. The minimum atomic E-state index is 0.0536. The summed E-state index contributed by atoms with van der Waals surface area (Å²) < 4.78 is 0. The Morgan fingerprint density at radius 3 is 1.44 bits per heavy atom. The highest BCUT2D eigenvalue weighted by Crippen LogP contribution is 2.33. The Hall–Kier alpha value is -0.123. The predicted molar refractivity (Wildman–Crippen MR) is 87.1 cm³/mol. The molecule has 0 bridgehead atoms. The van der Waals surface area contributed by atoms with Crippen molar-refractivity contribution in [2.24, 2.45) is 0 Å². The van der Waals surface area contributed by atoms with Crippen LogP contribution in [-0.4, -0.2) is 50.9 Å². The van der Waals surface area contributed by atoms with Crippen LogP contribution in [0.1, 0.15) is 54.9 Å². The van der Waals surface area contributed by atoms with Gasteiger partial charge in [0.1, 0.15) is 0 Å². The summed E-state index contributed by atoms with van der Waals surface area (Å²) >= 11 is 0. The Bertz CT molecular complexity index is 245. The third-order valence-corrected chi connectivity index (χ3v) is 4.86. The summed E-state index contributed by atoms with van der Waals surface area (Å²) in [4.78, 5) is 5.23. The molecule has 3 heteroatoms. The van der Waals surface area contributed by atoms with Crippen LogP contribution in [0.5, 0.6) is 0 Å². The maximum atomic E-state index is 4.38. The molecular formula is C15H34N2Si. The lowest BCUT2D eigenvalue weighted by Gasteiger charge is -2.54. The van der Waals surface area contributed by atoms with Gasteiger partial charge in [-0.1, -0.05) is 26.0 Å². The van der Waals surface area contributed by atoms with E-state index in [9.17, 15) is 0 Å². The van der Waals surface area contributed by atoms with Gasteiger partial charge < -0.3 is 0 Å². The van der Waals surface area contributed by atoms with Gasteiger partial charge in [0, 0.05) is 22.3 Å². The average molecular weight is 271 g/mol. The SMILES string of the molecule is C=C([SiH3])C(CC)(N(CC)C(C)C)N(CC)C(C)C. The normalized spacial score (nSPS) is 13.3. The predicted octanol–water partition coefficient (Wildman–Crippen LogP) is 2.43. The lowest BCUT2D eigenvalue weighted by molar-refractivity contribution is -0.0581. The summed E-state index contributed by atoms with van der Waals surface area (Å²) in [6, 6.07) is 1.10. The van der Waals surface area contributed by atoms with Crippen molar-refractivity contribution < 1.29 is 0 Å². The van der Waals surface area contributed by atoms with Gasteiger partial charge in [-0.15, -0.1) is 6.58 Å². The van der Waals surface area contributed by atoms with Crippen molar-refractivity contribution in [2.45, 2.75) is 72.6 Å². The van der Waals surface area contributed by atoms with E-state index in [-0.39, 0.29) is 5.66 Å². The first kappa shape index (κ1) is 17.9. The maximum absolute atomic E-state index is 4.38.